The van der Waals surface area contributed by atoms with Gasteiger partial charge in [-0.1, -0.05) is 20.8 Å². The van der Waals surface area contributed by atoms with Gasteiger partial charge < -0.3 is 9.72 Å². The summed E-state index contributed by atoms with van der Waals surface area (Å²) in [4.78, 5) is 19.4. The van der Waals surface area contributed by atoms with Crippen LogP contribution in [0.25, 0.3) is 0 Å². The molecule has 0 aromatic carbocycles. The van der Waals surface area contributed by atoms with Gasteiger partial charge in [-0.25, -0.2) is 4.98 Å². The maximum absolute atomic E-state index is 11.8. The Morgan fingerprint density at radius 1 is 1.39 bits per heavy atom. The van der Waals surface area contributed by atoms with Crippen molar-refractivity contribution in [3.8, 4) is 0 Å². The second-order valence-corrected chi connectivity index (χ2v) is 6.48. The van der Waals surface area contributed by atoms with Gasteiger partial charge in [0.25, 0.3) is 5.56 Å². The van der Waals surface area contributed by atoms with E-state index in [1.807, 2.05) is 0 Å². The van der Waals surface area contributed by atoms with E-state index in [9.17, 15) is 4.79 Å². The summed E-state index contributed by atoms with van der Waals surface area (Å²) in [6.45, 7) is 6.24. The molecule has 4 heteroatoms. The highest BCUT2D eigenvalue weighted by atomic mass is 16.5. The van der Waals surface area contributed by atoms with Crippen molar-refractivity contribution in [3.63, 3.8) is 0 Å². The molecule has 2 aliphatic heterocycles. The molecule has 98 valence electrons. The molecule has 2 bridgehead atoms. The molecule has 2 fully saturated rings. The number of hydrogen-bond acceptors (Lipinski definition) is 3. The molecule has 1 N–H and O–H groups in total. The Balaban J connectivity index is 1.98. The lowest BCUT2D eigenvalue weighted by Gasteiger charge is -2.22. The van der Waals surface area contributed by atoms with Crippen LogP contribution in [-0.4, -0.2) is 22.2 Å². The molecule has 3 heterocycles. The molecule has 4 nitrogen and oxygen atoms in total. The molecule has 0 saturated carbocycles. The van der Waals surface area contributed by atoms with Crippen LogP contribution in [0.2, 0.25) is 0 Å². The summed E-state index contributed by atoms with van der Waals surface area (Å²) in [6, 6.07) is 1.61. The zero-order chi connectivity index (χ0) is 12.9. The highest BCUT2D eigenvalue weighted by Crippen LogP contribution is 2.43. The molecular formula is C14H20N2O2. The smallest absolute Gasteiger partial charge is 0.251 e. The zero-order valence-electron chi connectivity index (χ0n) is 11.2. The Labute approximate surface area is 107 Å². The van der Waals surface area contributed by atoms with Crippen molar-refractivity contribution in [3.05, 3.63) is 27.9 Å². The van der Waals surface area contributed by atoms with E-state index in [1.165, 1.54) is 0 Å². The third-order valence-electron chi connectivity index (χ3n) is 3.99. The maximum atomic E-state index is 11.8. The number of nitrogens with zero attached hydrogens (tertiary/aromatic N) is 1. The standard InChI is InChI=1S/C14H20N2O2/c1-14(2,3)11-7-12(17)16-13(15-11)9-6-8-4-5-10(9)18-8/h7-10H,4-6H2,1-3H3,(H,15,16,17). The molecule has 1 aromatic heterocycles. The van der Waals surface area contributed by atoms with Gasteiger partial charge in [0.1, 0.15) is 5.82 Å². The molecule has 0 spiro atoms. The number of hydrogen-bond donors (Lipinski definition) is 1. The predicted molar refractivity (Wildman–Crippen MR) is 68.8 cm³/mol. The second-order valence-electron chi connectivity index (χ2n) is 6.48. The predicted octanol–water partition coefficient (Wildman–Crippen LogP) is 2.10. The fourth-order valence-electron chi connectivity index (χ4n) is 2.96. The van der Waals surface area contributed by atoms with E-state index < -0.39 is 0 Å². The van der Waals surface area contributed by atoms with Crippen LogP contribution in [0.1, 0.15) is 57.5 Å². The summed E-state index contributed by atoms with van der Waals surface area (Å²) in [7, 11) is 0. The molecule has 3 atom stereocenters. The summed E-state index contributed by atoms with van der Waals surface area (Å²) < 4.78 is 5.84. The van der Waals surface area contributed by atoms with E-state index in [2.05, 4.69) is 30.7 Å². The molecule has 2 saturated heterocycles. The van der Waals surface area contributed by atoms with Crippen LogP contribution in [0.15, 0.2) is 10.9 Å². The molecule has 0 radical (unpaired) electrons. The number of aromatic nitrogens is 2. The van der Waals surface area contributed by atoms with E-state index in [0.717, 1.165) is 30.8 Å². The first-order chi connectivity index (χ1) is 8.43. The molecule has 2 aliphatic rings. The zero-order valence-corrected chi connectivity index (χ0v) is 11.2. The van der Waals surface area contributed by atoms with Gasteiger partial charge in [0.05, 0.1) is 17.9 Å². The minimum atomic E-state index is -0.0957. The van der Waals surface area contributed by atoms with Crippen molar-refractivity contribution in [2.24, 2.45) is 0 Å². The Kier molecular flexibility index (Phi) is 2.59. The second kappa shape index (κ2) is 3.92. The Hall–Kier alpha value is -1.16. The average molecular weight is 248 g/mol. The molecule has 0 aliphatic carbocycles. The van der Waals surface area contributed by atoms with E-state index in [0.29, 0.717) is 6.10 Å². The number of aromatic amines is 1. The van der Waals surface area contributed by atoms with Crippen molar-refractivity contribution in [1.82, 2.24) is 9.97 Å². The van der Waals surface area contributed by atoms with Crippen LogP contribution in [0.4, 0.5) is 0 Å². The fourth-order valence-corrected chi connectivity index (χ4v) is 2.96. The topological polar surface area (TPSA) is 55.0 Å². The van der Waals surface area contributed by atoms with E-state index >= 15 is 0 Å². The van der Waals surface area contributed by atoms with E-state index in [-0.39, 0.29) is 23.0 Å². The van der Waals surface area contributed by atoms with Crippen LogP contribution in [0, 0.1) is 0 Å². The normalized spacial score (nSPS) is 30.9. The van der Waals surface area contributed by atoms with E-state index in [4.69, 9.17) is 4.74 Å². The fraction of sp³-hybridized carbons (Fsp3) is 0.714. The third kappa shape index (κ3) is 1.99. The highest BCUT2D eigenvalue weighted by molar-refractivity contribution is 5.16. The Morgan fingerprint density at radius 2 is 2.17 bits per heavy atom. The van der Waals surface area contributed by atoms with Crippen molar-refractivity contribution < 1.29 is 4.74 Å². The Morgan fingerprint density at radius 3 is 2.72 bits per heavy atom. The largest absolute Gasteiger partial charge is 0.374 e. The minimum Gasteiger partial charge on any atom is -0.374 e. The van der Waals surface area contributed by atoms with Gasteiger partial charge in [0, 0.05) is 17.4 Å². The van der Waals surface area contributed by atoms with Crippen molar-refractivity contribution in [1.29, 1.82) is 0 Å². The van der Waals surface area contributed by atoms with Crippen LogP contribution in [0.3, 0.4) is 0 Å². The molecule has 0 amide bonds. The first kappa shape index (κ1) is 11.9. The lowest BCUT2D eigenvalue weighted by atomic mass is 9.87. The SMILES string of the molecule is CC(C)(C)c1cc(=O)[nH]c(C2CC3CCC2O3)n1. The van der Waals surface area contributed by atoms with E-state index in [1.54, 1.807) is 6.07 Å². The number of nitrogens with one attached hydrogen (secondary N) is 1. The molecule has 3 rings (SSSR count). The van der Waals surface area contributed by atoms with Crippen LogP contribution in [-0.2, 0) is 10.2 Å². The van der Waals surface area contributed by atoms with Crippen LogP contribution in [0.5, 0.6) is 0 Å². The lowest BCUT2D eigenvalue weighted by molar-refractivity contribution is 0.0998. The van der Waals surface area contributed by atoms with Gasteiger partial charge in [-0.15, -0.1) is 0 Å². The summed E-state index contributed by atoms with van der Waals surface area (Å²) in [6.07, 6.45) is 3.89. The number of H-pyrrole nitrogens is 1. The average Bonchev–Trinajstić information content (AvgIpc) is 2.88. The van der Waals surface area contributed by atoms with Crippen molar-refractivity contribution in [2.45, 2.75) is 63.6 Å². The van der Waals surface area contributed by atoms with Gasteiger partial charge in [0.2, 0.25) is 0 Å². The summed E-state index contributed by atoms with van der Waals surface area (Å²) in [5, 5.41) is 0. The first-order valence-corrected chi connectivity index (χ1v) is 6.71. The third-order valence-corrected chi connectivity index (χ3v) is 3.99. The monoisotopic (exact) mass is 248 g/mol. The first-order valence-electron chi connectivity index (χ1n) is 6.71. The van der Waals surface area contributed by atoms with Gasteiger partial charge in [-0.05, 0) is 19.3 Å². The quantitative estimate of drug-likeness (QED) is 0.828. The van der Waals surface area contributed by atoms with Gasteiger partial charge in [-0.3, -0.25) is 4.79 Å². The van der Waals surface area contributed by atoms with Gasteiger partial charge >= 0.3 is 0 Å². The number of fused-ring (bicyclic) bond motifs is 2. The van der Waals surface area contributed by atoms with Crippen LogP contribution >= 0.6 is 0 Å². The molecule has 1 aromatic rings. The maximum Gasteiger partial charge on any atom is 0.251 e. The molecule has 18 heavy (non-hydrogen) atoms. The van der Waals surface area contributed by atoms with Gasteiger partial charge in [0.15, 0.2) is 0 Å². The van der Waals surface area contributed by atoms with Crippen LogP contribution < -0.4 is 5.56 Å². The van der Waals surface area contributed by atoms with Gasteiger partial charge in [-0.2, -0.15) is 0 Å². The highest BCUT2D eigenvalue weighted by Gasteiger charge is 2.42. The Bertz CT molecular complexity index is 515. The molecule has 3 unspecified atom stereocenters. The summed E-state index contributed by atoms with van der Waals surface area (Å²) >= 11 is 0. The number of ether oxygens (including phenoxy) is 1. The summed E-state index contributed by atoms with van der Waals surface area (Å²) in [5.41, 5.74) is 0.721. The minimum absolute atomic E-state index is 0.0484. The van der Waals surface area contributed by atoms with Crippen molar-refractivity contribution >= 4 is 0 Å². The van der Waals surface area contributed by atoms with Crippen molar-refractivity contribution in [2.75, 3.05) is 0 Å². The lowest BCUT2D eigenvalue weighted by Crippen LogP contribution is -2.25. The number of rotatable bonds is 1. The summed E-state index contributed by atoms with van der Waals surface area (Å²) in [5.74, 6) is 1.10. The molecular weight excluding hydrogens is 228 g/mol.